The van der Waals surface area contributed by atoms with E-state index in [0.29, 0.717) is 12.1 Å². The highest BCUT2D eigenvalue weighted by Crippen LogP contribution is 2.25. The minimum atomic E-state index is -4.05. The van der Waals surface area contributed by atoms with Gasteiger partial charge in [-0.15, -0.1) is 0 Å². The summed E-state index contributed by atoms with van der Waals surface area (Å²) < 4.78 is 28.7. The first kappa shape index (κ1) is 29.9. The third-order valence-electron chi connectivity index (χ3n) is 6.90. The number of hydrogen-bond donors (Lipinski definition) is 1. The van der Waals surface area contributed by atoms with Crippen LogP contribution in [0.25, 0.3) is 0 Å². The van der Waals surface area contributed by atoms with E-state index in [2.05, 4.69) is 5.32 Å². The molecule has 0 saturated heterocycles. The molecule has 8 heteroatoms. The second-order valence-corrected chi connectivity index (χ2v) is 11.5. The van der Waals surface area contributed by atoms with Crippen molar-refractivity contribution in [3.05, 3.63) is 96.1 Å². The molecule has 7 nitrogen and oxygen atoms in total. The lowest BCUT2D eigenvalue weighted by Gasteiger charge is -2.32. The van der Waals surface area contributed by atoms with Crippen molar-refractivity contribution in [2.24, 2.45) is 0 Å². The van der Waals surface area contributed by atoms with Crippen LogP contribution < -0.4 is 9.62 Å². The molecule has 0 aliphatic heterocycles. The molecule has 0 saturated carbocycles. The van der Waals surface area contributed by atoms with E-state index in [1.54, 1.807) is 37.3 Å². The fourth-order valence-electron chi connectivity index (χ4n) is 4.18. The average Bonchev–Trinajstić information content (AvgIpc) is 2.96. The molecule has 3 rings (SSSR count). The normalized spacial score (nSPS) is 12.8. The Morgan fingerprint density at radius 1 is 0.821 bits per heavy atom. The predicted octanol–water partition coefficient (Wildman–Crippen LogP) is 4.82. The Morgan fingerprint density at radius 3 is 1.97 bits per heavy atom. The van der Waals surface area contributed by atoms with Gasteiger partial charge in [-0.3, -0.25) is 13.9 Å². The number of sulfonamides is 1. The fraction of sp³-hybridized carbons (Fsp3) is 0.355. The lowest BCUT2D eigenvalue weighted by molar-refractivity contribution is -0.139. The first-order valence-electron chi connectivity index (χ1n) is 13.5. The Labute approximate surface area is 232 Å². The molecule has 0 aliphatic rings. The van der Waals surface area contributed by atoms with Gasteiger partial charge in [0.2, 0.25) is 11.8 Å². The van der Waals surface area contributed by atoms with E-state index in [4.69, 9.17) is 0 Å². The van der Waals surface area contributed by atoms with Crippen molar-refractivity contribution >= 4 is 27.5 Å². The zero-order valence-corrected chi connectivity index (χ0v) is 24.0. The number of amides is 2. The number of hydrogen-bond acceptors (Lipinski definition) is 4. The summed E-state index contributed by atoms with van der Waals surface area (Å²) in [7, 11) is -4.05. The number of carbonyl (C=O) groups excluding carboxylic acids is 2. The highest BCUT2D eigenvalue weighted by molar-refractivity contribution is 7.92. The van der Waals surface area contributed by atoms with Gasteiger partial charge >= 0.3 is 0 Å². The monoisotopic (exact) mass is 549 g/mol. The van der Waals surface area contributed by atoms with Crippen LogP contribution >= 0.6 is 0 Å². The van der Waals surface area contributed by atoms with Gasteiger partial charge < -0.3 is 10.2 Å². The summed E-state index contributed by atoms with van der Waals surface area (Å²) in [6, 6.07) is 24.1. The molecule has 39 heavy (non-hydrogen) atoms. The maximum Gasteiger partial charge on any atom is 0.264 e. The molecular formula is C31H39N3O4S. The van der Waals surface area contributed by atoms with Crippen LogP contribution in [0.2, 0.25) is 0 Å². The van der Waals surface area contributed by atoms with Crippen molar-refractivity contribution in [1.29, 1.82) is 0 Å². The van der Waals surface area contributed by atoms with Crippen LogP contribution in [-0.2, 0) is 32.5 Å². The molecule has 3 aromatic rings. The molecule has 0 aliphatic carbocycles. The van der Waals surface area contributed by atoms with Crippen molar-refractivity contribution < 1.29 is 18.0 Å². The standard InChI is InChI=1S/C31H39N3O4S/c1-5-24(3)32-31(36)25(4)33(22-21-27-13-9-7-10-14-27)30(35)23-34(28-19-17-26(6-2)18-20-28)39(37,38)29-15-11-8-12-16-29/h7-20,24-25H,5-6,21-23H2,1-4H3,(H,32,36)/t24-,25-/m1/s1. The second kappa shape index (κ2) is 13.9. The van der Waals surface area contributed by atoms with Crippen LogP contribution in [0.4, 0.5) is 5.69 Å². The molecule has 3 aromatic carbocycles. The molecule has 2 atom stereocenters. The van der Waals surface area contributed by atoms with E-state index >= 15 is 0 Å². The van der Waals surface area contributed by atoms with E-state index in [9.17, 15) is 18.0 Å². The van der Waals surface area contributed by atoms with Gasteiger partial charge in [-0.1, -0.05) is 74.5 Å². The zero-order chi connectivity index (χ0) is 28.4. The van der Waals surface area contributed by atoms with Crippen LogP contribution in [0, 0.1) is 0 Å². The van der Waals surface area contributed by atoms with E-state index < -0.39 is 28.5 Å². The number of nitrogens with zero attached hydrogens (tertiary/aromatic N) is 2. The molecule has 0 fully saturated rings. The first-order valence-corrected chi connectivity index (χ1v) is 14.9. The summed E-state index contributed by atoms with van der Waals surface area (Å²) >= 11 is 0. The number of carbonyl (C=O) groups is 2. The minimum absolute atomic E-state index is 0.0435. The van der Waals surface area contributed by atoms with Crippen LogP contribution in [0.1, 0.15) is 45.2 Å². The number of rotatable bonds is 13. The first-order chi connectivity index (χ1) is 18.7. The zero-order valence-electron chi connectivity index (χ0n) is 23.2. The van der Waals surface area contributed by atoms with Crippen LogP contribution in [0.5, 0.6) is 0 Å². The molecule has 2 amide bonds. The summed E-state index contributed by atoms with van der Waals surface area (Å²) in [4.78, 5) is 28.5. The molecule has 0 aromatic heterocycles. The Balaban J connectivity index is 1.96. The lowest BCUT2D eigenvalue weighted by atomic mass is 10.1. The predicted molar refractivity (Wildman–Crippen MR) is 156 cm³/mol. The van der Waals surface area contributed by atoms with Crippen LogP contribution in [-0.4, -0.2) is 50.3 Å². The fourth-order valence-corrected chi connectivity index (χ4v) is 5.62. The van der Waals surface area contributed by atoms with Crippen LogP contribution in [0.15, 0.2) is 89.8 Å². The van der Waals surface area contributed by atoms with Gasteiger partial charge in [0.1, 0.15) is 12.6 Å². The van der Waals surface area contributed by atoms with Crippen molar-refractivity contribution in [1.82, 2.24) is 10.2 Å². The highest BCUT2D eigenvalue weighted by atomic mass is 32.2. The molecule has 1 N–H and O–H groups in total. The molecule has 208 valence electrons. The second-order valence-electron chi connectivity index (χ2n) is 9.66. The van der Waals surface area contributed by atoms with E-state index in [1.165, 1.54) is 17.0 Å². The van der Waals surface area contributed by atoms with Gasteiger partial charge in [0.25, 0.3) is 10.0 Å². The maximum absolute atomic E-state index is 13.9. The van der Waals surface area contributed by atoms with Crippen molar-refractivity contribution in [3.8, 4) is 0 Å². The molecule has 0 bridgehead atoms. The van der Waals surface area contributed by atoms with E-state index in [0.717, 1.165) is 28.3 Å². The molecule has 0 unspecified atom stereocenters. The van der Waals surface area contributed by atoms with Gasteiger partial charge in [-0.2, -0.15) is 0 Å². The third kappa shape index (κ3) is 7.93. The topological polar surface area (TPSA) is 86.8 Å². The summed E-state index contributed by atoms with van der Waals surface area (Å²) in [5, 5.41) is 2.95. The van der Waals surface area contributed by atoms with Gasteiger partial charge in [-0.05, 0) is 68.5 Å². The van der Waals surface area contributed by atoms with Gasteiger partial charge in [0.05, 0.1) is 10.6 Å². The largest absolute Gasteiger partial charge is 0.352 e. The molecular weight excluding hydrogens is 510 g/mol. The summed E-state index contributed by atoms with van der Waals surface area (Å²) in [5.74, 6) is -0.715. The number of nitrogens with one attached hydrogen (secondary N) is 1. The Hall–Kier alpha value is -3.65. The maximum atomic E-state index is 13.9. The van der Waals surface area contributed by atoms with E-state index in [-0.39, 0.29) is 23.4 Å². The molecule has 0 radical (unpaired) electrons. The van der Waals surface area contributed by atoms with Crippen LogP contribution in [0.3, 0.4) is 0 Å². The number of anilines is 1. The summed E-state index contributed by atoms with van der Waals surface area (Å²) in [6.45, 7) is 7.43. The van der Waals surface area contributed by atoms with Gasteiger partial charge in [0, 0.05) is 12.6 Å². The summed E-state index contributed by atoms with van der Waals surface area (Å²) in [6.07, 6.45) is 2.10. The van der Waals surface area contributed by atoms with Crippen molar-refractivity contribution in [3.63, 3.8) is 0 Å². The molecule has 0 heterocycles. The Morgan fingerprint density at radius 2 is 1.41 bits per heavy atom. The number of benzene rings is 3. The average molecular weight is 550 g/mol. The van der Waals surface area contributed by atoms with Gasteiger partial charge in [-0.25, -0.2) is 8.42 Å². The van der Waals surface area contributed by atoms with Gasteiger partial charge in [0.15, 0.2) is 0 Å². The third-order valence-corrected chi connectivity index (χ3v) is 8.68. The Kier molecular flexibility index (Phi) is 10.7. The van der Waals surface area contributed by atoms with Crippen molar-refractivity contribution in [2.45, 2.75) is 63.9 Å². The SMILES string of the molecule is CCc1ccc(N(CC(=O)N(CCc2ccccc2)[C@H](C)C(=O)N[C@H](C)CC)S(=O)(=O)c2ccccc2)cc1. The minimum Gasteiger partial charge on any atom is -0.352 e. The molecule has 0 spiro atoms. The Bertz CT molecular complexity index is 1310. The summed E-state index contributed by atoms with van der Waals surface area (Å²) in [5.41, 5.74) is 2.47. The smallest absolute Gasteiger partial charge is 0.264 e. The highest BCUT2D eigenvalue weighted by Gasteiger charge is 2.32. The van der Waals surface area contributed by atoms with E-state index in [1.807, 2.05) is 63.2 Å². The quantitative estimate of drug-likeness (QED) is 0.331. The lowest BCUT2D eigenvalue weighted by Crippen LogP contribution is -2.53. The number of aryl methyl sites for hydroxylation is 1. The van der Waals surface area contributed by atoms with Crippen molar-refractivity contribution in [2.75, 3.05) is 17.4 Å².